The summed E-state index contributed by atoms with van der Waals surface area (Å²) >= 11 is 0. The number of hydrogen-bond acceptors (Lipinski definition) is 4. The average molecular weight is 352 g/mol. The van der Waals surface area contributed by atoms with Crippen LogP contribution >= 0.6 is 10.7 Å². The molecule has 1 heterocycles. The van der Waals surface area contributed by atoms with Crippen LogP contribution in [-0.4, -0.2) is 34.2 Å². The van der Waals surface area contributed by atoms with Gasteiger partial charge in [0, 0.05) is 23.8 Å². The van der Waals surface area contributed by atoms with Crippen LogP contribution in [0.5, 0.6) is 0 Å². The van der Waals surface area contributed by atoms with Gasteiger partial charge in [-0.15, -0.1) is 0 Å². The lowest BCUT2D eigenvalue weighted by Gasteiger charge is -2.18. The third-order valence-corrected chi connectivity index (χ3v) is 7.12. The zero-order valence-corrected chi connectivity index (χ0v) is 14.2. The standard InChI is InChI=1S/C13H18ClNO4S2/c1-10(2)11-7-8-15(9-11)21(18,19)13-5-3-12(4-6-13)20(14,16)17/h3-6,10-11H,7-9H2,1-2H3. The van der Waals surface area contributed by atoms with Gasteiger partial charge >= 0.3 is 0 Å². The Kier molecular flexibility index (Phi) is 4.68. The third-order valence-electron chi connectivity index (χ3n) is 3.87. The van der Waals surface area contributed by atoms with Gasteiger partial charge in [0.1, 0.15) is 0 Å². The minimum absolute atomic E-state index is 0.0935. The van der Waals surface area contributed by atoms with Crippen molar-refractivity contribution in [1.29, 1.82) is 0 Å². The first-order chi connectivity index (χ1) is 9.62. The van der Waals surface area contributed by atoms with Gasteiger partial charge in [0.15, 0.2) is 0 Å². The number of sulfonamides is 1. The molecule has 1 atom stereocenters. The quantitative estimate of drug-likeness (QED) is 0.780. The predicted molar refractivity (Wildman–Crippen MR) is 81.2 cm³/mol. The van der Waals surface area contributed by atoms with Crippen LogP contribution in [0.2, 0.25) is 0 Å². The second kappa shape index (κ2) is 5.87. The second-order valence-corrected chi connectivity index (χ2v) is 10.1. The summed E-state index contributed by atoms with van der Waals surface area (Å²) in [6.07, 6.45) is 0.852. The van der Waals surface area contributed by atoms with Gasteiger partial charge in [0.25, 0.3) is 9.05 Å². The summed E-state index contributed by atoms with van der Waals surface area (Å²) in [6, 6.07) is 5.00. The highest BCUT2D eigenvalue weighted by Crippen LogP contribution is 2.29. The minimum Gasteiger partial charge on any atom is -0.207 e. The molecule has 1 aromatic rings. The Labute approximate surface area is 130 Å². The molecule has 1 aliphatic rings. The maximum Gasteiger partial charge on any atom is 0.261 e. The molecule has 8 heteroatoms. The number of nitrogens with zero attached hydrogens (tertiary/aromatic N) is 1. The second-order valence-electron chi connectivity index (χ2n) is 5.57. The molecule has 5 nitrogen and oxygen atoms in total. The lowest BCUT2D eigenvalue weighted by atomic mass is 9.96. The van der Waals surface area contributed by atoms with E-state index in [1.54, 1.807) is 0 Å². The molecule has 1 saturated heterocycles. The van der Waals surface area contributed by atoms with Gasteiger partial charge < -0.3 is 0 Å². The van der Waals surface area contributed by atoms with Crippen molar-refractivity contribution in [2.45, 2.75) is 30.1 Å². The first-order valence-corrected chi connectivity index (χ1v) is 10.4. The van der Waals surface area contributed by atoms with Gasteiger partial charge in [0.2, 0.25) is 10.0 Å². The molecule has 1 fully saturated rings. The number of rotatable bonds is 4. The van der Waals surface area contributed by atoms with E-state index in [1.807, 2.05) is 0 Å². The number of hydrogen-bond donors (Lipinski definition) is 0. The largest absolute Gasteiger partial charge is 0.261 e. The lowest BCUT2D eigenvalue weighted by molar-refractivity contribution is 0.388. The number of benzene rings is 1. The number of halogens is 1. The summed E-state index contributed by atoms with van der Waals surface area (Å²) in [5.74, 6) is 0.802. The van der Waals surface area contributed by atoms with Crippen molar-refractivity contribution in [2.75, 3.05) is 13.1 Å². The van der Waals surface area contributed by atoms with Gasteiger partial charge in [-0.25, -0.2) is 16.8 Å². The van der Waals surface area contributed by atoms with E-state index >= 15 is 0 Å². The molecule has 0 radical (unpaired) electrons. The Balaban J connectivity index is 2.25. The summed E-state index contributed by atoms with van der Waals surface area (Å²) in [6.45, 7) is 5.18. The van der Waals surface area contributed by atoms with Crippen molar-refractivity contribution >= 4 is 29.8 Å². The predicted octanol–water partition coefficient (Wildman–Crippen LogP) is 2.28. The molecule has 21 heavy (non-hydrogen) atoms. The van der Waals surface area contributed by atoms with Crippen molar-refractivity contribution in [1.82, 2.24) is 4.31 Å². The molecule has 0 spiro atoms. The van der Waals surface area contributed by atoms with E-state index in [4.69, 9.17) is 10.7 Å². The fourth-order valence-corrected chi connectivity index (χ4v) is 4.72. The monoisotopic (exact) mass is 351 g/mol. The van der Waals surface area contributed by atoms with E-state index in [0.717, 1.165) is 6.42 Å². The molecule has 0 N–H and O–H groups in total. The third kappa shape index (κ3) is 3.59. The van der Waals surface area contributed by atoms with Crippen LogP contribution in [0.25, 0.3) is 0 Å². The highest BCUT2D eigenvalue weighted by Gasteiger charge is 2.33. The Morgan fingerprint density at radius 3 is 2.05 bits per heavy atom. The van der Waals surface area contributed by atoms with Crippen molar-refractivity contribution in [3.63, 3.8) is 0 Å². The van der Waals surface area contributed by atoms with E-state index < -0.39 is 19.1 Å². The summed E-state index contributed by atoms with van der Waals surface area (Å²) < 4.78 is 48.8. The molecule has 0 bridgehead atoms. The molecule has 0 aromatic heterocycles. The molecular weight excluding hydrogens is 334 g/mol. The zero-order valence-electron chi connectivity index (χ0n) is 11.9. The Hall–Kier alpha value is -0.630. The molecule has 0 aliphatic carbocycles. The summed E-state index contributed by atoms with van der Waals surface area (Å²) in [5.41, 5.74) is 0. The van der Waals surface area contributed by atoms with Crippen LogP contribution in [0.15, 0.2) is 34.1 Å². The first kappa shape index (κ1) is 16.7. The van der Waals surface area contributed by atoms with Gasteiger partial charge in [-0.05, 0) is 42.5 Å². The van der Waals surface area contributed by atoms with E-state index in [2.05, 4.69) is 13.8 Å². The van der Waals surface area contributed by atoms with Crippen LogP contribution in [0.3, 0.4) is 0 Å². The minimum atomic E-state index is -3.84. The van der Waals surface area contributed by atoms with Crippen LogP contribution in [-0.2, 0) is 19.1 Å². The smallest absolute Gasteiger partial charge is 0.207 e. The van der Waals surface area contributed by atoms with Crippen LogP contribution < -0.4 is 0 Å². The van der Waals surface area contributed by atoms with Crippen LogP contribution in [0, 0.1) is 11.8 Å². The van der Waals surface area contributed by atoms with E-state index in [-0.39, 0.29) is 9.79 Å². The van der Waals surface area contributed by atoms with Gasteiger partial charge in [0.05, 0.1) is 9.79 Å². The first-order valence-electron chi connectivity index (χ1n) is 6.67. The fraction of sp³-hybridized carbons (Fsp3) is 0.538. The molecule has 1 unspecified atom stereocenters. The van der Waals surface area contributed by atoms with Gasteiger partial charge in [-0.1, -0.05) is 13.8 Å². The van der Waals surface area contributed by atoms with Crippen molar-refractivity contribution in [2.24, 2.45) is 11.8 Å². The molecular formula is C13H18ClNO4S2. The van der Waals surface area contributed by atoms with Crippen molar-refractivity contribution in [3.8, 4) is 0 Å². The van der Waals surface area contributed by atoms with Gasteiger partial charge in [-0.2, -0.15) is 4.31 Å². The average Bonchev–Trinajstić information content (AvgIpc) is 2.88. The van der Waals surface area contributed by atoms with E-state index in [9.17, 15) is 16.8 Å². The maximum atomic E-state index is 12.5. The summed E-state index contributed by atoms with van der Waals surface area (Å²) in [4.78, 5) is -0.0134. The highest BCUT2D eigenvalue weighted by molar-refractivity contribution is 8.13. The van der Waals surface area contributed by atoms with Crippen molar-refractivity contribution in [3.05, 3.63) is 24.3 Å². The zero-order chi connectivity index (χ0) is 15.8. The molecule has 1 aliphatic heterocycles. The van der Waals surface area contributed by atoms with E-state index in [1.165, 1.54) is 28.6 Å². The summed E-state index contributed by atoms with van der Waals surface area (Å²) in [5, 5.41) is 0. The SMILES string of the molecule is CC(C)C1CCN(S(=O)(=O)c2ccc(S(=O)(=O)Cl)cc2)C1. The maximum absolute atomic E-state index is 12.5. The van der Waals surface area contributed by atoms with Crippen LogP contribution in [0.1, 0.15) is 20.3 Å². The molecule has 118 valence electrons. The van der Waals surface area contributed by atoms with Crippen molar-refractivity contribution < 1.29 is 16.8 Å². The topological polar surface area (TPSA) is 71.5 Å². The Morgan fingerprint density at radius 1 is 1.10 bits per heavy atom. The lowest BCUT2D eigenvalue weighted by Crippen LogP contribution is -2.29. The fourth-order valence-electron chi connectivity index (χ4n) is 2.44. The molecule has 1 aromatic carbocycles. The molecule has 0 amide bonds. The highest BCUT2D eigenvalue weighted by atomic mass is 35.7. The van der Waals surface area contributed by atoms with Gasteiger partial charge in [-0.3, -0.25) is 0 Å². The molecule has 2 rings (SSSR count). The Morgan fingerprint density at radius 2 is 1.62 bits per heavy atom. The van der Waals surface area contributed by atoms with Crippen LogP contribution in [0.4, 0.5) is 0 Å². The Bertz CT molecular complexity index is 711. The van der Waals surface area contributed by atoms with E-state index in [0.29, 0.717) is 24.9 Å². The molecule has 0 saturated carbocycles. The normalized spacial score (nSPS) is 21.0. The summed E-state index contributed by atoms with van der Waals surface area (Å²) in [7, 11) is -2.19.